The van der Waals surface area contributed by atoms with Crippen LogP contribution in [-0.2, 0) is 9.59 Å². The third kappa shape index (κ3) is 3.15. The Kier molecular flexibility index (Phi) is 3.96. The molecule has 3 rings (SSSR count). The Labute approximate surface area is 132 Å². The monoisotopic (exact) mass is 315 g/mol. The molecule has 8 heteroatoms. The van der Waals surface area contributed by atoms with Crippen molar-refractivity contribution in [2.75, 3.05) is 17.2 Å². The van der Waals surface area contributed by atoms with E-state index in [4.69, 9.17) is 4.74 Å². The van der Waals surface area contributed by atoms with Crippen molar-refractivity contribution in [3.05, 3.63) is 30.1 Å². The number of nitrogens with one attached hydrogen (secondary N) is 2. The van der Waals surface area contributed by atoms with Crippen LogP contribution in [0.5, 0.6) is 5.75 Å². The van der Waals surface area contributed by atoms with Gasteiger partial charge in [0.25, 0.3) is 5.91 Å². The fourth-order valence-electron chi connectivity index (χ4n) is 2.41. The van der Waals surface area contributed by atoms with Gasteiger partial charge in [-0.3, -0.25) is 14.9 Å². The SMILES string of the molecule is CCOc1ccc(NC(=O)CC2C(=O)Nc3nc(C)nn32)cc1. The highest BCUT2D eigenvalue weighted by atomic mass is 16.5. The average Bonchev–Trinajstić information content (AvgIpc) is 2.99. The molecule has 1 unspecified atom stereocenters. The Morgan fingerprint density at radius 1 is 1.39 bits per heavy atom. The number of fused-ring (bicyclic) bond motifs is 1. The van der Waals surface area contributed by atoms with E-state index in [0.29, 0.717) is 24.1 Å². The molecule has 0 spiro atoms. The fraction of sp³-hybridized carbons (Fsp3) is 0.333. The Morgan fingerprint density at radius 3 is 2.83 bits per heavy atom. The molecule has 23 heavy (non-hydrogen) atoms. The van der Waals surface area contributed by atoms with Gasteiger partial charge in [0.15, 0.2) is 0 Å². The van der Waals surface area contributed by atoms with Gasteiger partial charge in [-0.15, -0.1) is 0 Å². The molecule has 0 bridgehead atoms. The predicted octanol–water partition coefficient (Wildman–Crippen LogP) is 1.51. The lowest BCUT2D eigenvalue weighted by molar-refractivity contribution is -0.123. The molecule has 0 radical (unpaired) electrons. The van der Waals surface area contributed by atoms with Crippen molar-refractivity contribution in [3.8, 4) is 5.75 Å². The van der Waals surface area contributed by atoms with E-state index in [2.05, 4.69) is 20.7 Å². The first kappa shape index (κ1) is 15.0. The van der Waals surface area contributed by atoms with E-state index in [0.717, 1.165) is 5.75 Å². The van der Waals surface area contributed by atoms with Gasteiger partial charge < -0.3 is 10.1 Å². The third-order valence-electron chi connectivity index (χ3n) is 3.40. The lowest BCUT2D eigenvalue weighted by Crippen LogP contribution is -2.23. The molecular formula is C15H17N5O3. The van der Waals surface area contributed by atoms with Crippen molar-refractivity contribution in [2.45, 2.75) is 26.3 Å². The summed E-state index contributed by atoms with van der Waals surface area (Å²) >= 11 is 0. The molecule has 2 aromatic rings. The minimum Gasteiger partial charge on any atom is -0.494 e. The van der Waals surface area contributed by atoms with Gasteiger partial charge in [0.2, 0.25) is 11.9 Å². The number of carbonyl (C=O) groups is 2. The maximum absolute atomic E-state index is 12.2. The topological polar surface area (TPSA) is 98.1 Å². The smallest absolute Gasteiger partial charge is 0.252 e. The van der Waals surface area contributed by atoms with Crippen molar-refractivity contribution in [2.24, 2.45) is 0 Å². The number of hydrogen-bond acceptors (Lipinski definition) is 5. The van der Waals surface area contributed by atoms with E-state index in [-0.39, 0.29) is 18.2 Å². The van der Waals surface area contributed by atoms with Crippen LogP contribution >= 0.6 is 0 Å². The number of carbonyl (C=O) groups excluding carboxylic acids is 2. The summed E-state index contributed by atoms with van der Waals surface area (Å²) in [6.07, 6.45) is -0.00511. The summed E-state index contributed by atoms with van der Waals surface area (Å²) in [6, 6.07) is 6.39. The largest absolute Gasteiger partial charge is 0.494 e. The molecule has 1 aromatic carbocycles. The van der Waals surface area contributed by atoms with Crippen LogP contribution in [0, 0.1) is 6.92 Å². The number of anilines is 2. The number of amides is 2. The lowest BCUT2D eigenvalue weighted by Gasteiger charge is -2.10. The Balaban J connectivity index is 1.64. The van der Waals surface area contributed by atoms with E-state index < -0.39 is 6.04 Å². The molecule has 0 saturated heterocycles. The normalized spacial score (nSPS) is 15.9. The highest BCUT2D eigenvalue weighted by molar-refractivity contribution is 6.00. The number of aromatic nitrogens is 3. The molecule has 8 nitrogen and oxygen atoms in total. The van der Waals surface area contributed by atoms with Gasteiger partial charge in [-0.2, -0.15) is 10.1 Å². The van der Waals surface area contributed by atoms with Crippen molar-refractivity contribution >= 4 is 23.5 Å². The second kappa shape index (κ2) is 6.07. The van der Waals surface area contributed by atoms with E-state index in [9.17, 15) is 9.59 Å². The van der Waals surface area contributed by atoms with Gasteiger partial charge in [-0.25, -0.2) is 4.68 Å². The highest BCUT2D eigenvalue weighted by Gasteiger charge is 2.34. The van der Waals surface area contributed by atoms with Crippen LogP contribution in [0.25, 0.3) is 0 Å². The van der Waals surface area contributed by atoms with Crippen molar-refractivity contribution in [1.82, 2.24) is 14.8 Å². The maximum atomic E-state index is 12.2. The summed E-state index contributed by atoms with van der Waals surface area (Å²) < 4.78 is 6.80. The predicted molar refractivity (Wildman–Crippen MR) is 83.3 cm³/mol. The maximum Gasteiger partial charge on any atom is 0.252 e. The van der Waals surface area contributed by atoms with Gasteiger partial charge in [0.1, 0.15) is 17.6 Å². The summed E-state index contributed by atoms with van der Waals surface area (Å²) in [7, 11) is 0. The molecule has 1 aliphatic rings. The van der Waals surface area contributed by atoms with Gasteiger partial charge in [0, 0.05) is 5.69 Å². The third-order valence-corrected chi connectivity index (χ3v) is 3.40. The number of hydrogen-bond donors (Lipinski definition) is 2. The minimum atomic E-state index is -0.672. The molecule has 120 valence electrons. The number of aryl methyl sites for hydroxylation is 1. The molecule has 2 N–H and O–H groups in total. The zero-order valence-corrected chi connectivity index (χ0v) is 12.9. The van der Waals surface area contributed by atoms with Gasteiger partial charge in [-0.1, -0.05) is 0 Å². The molecule has 0 saturated carbocycles. The van der Waals surface area contributed by atoms with Crippen molar-refractivity contribution in [3.63, 3.8) is 0 Å². The van der Waals surface area contributed by atoms with Crippen LogP contribution in [-0.4, -0.2) is 33.2 Å². The summed E-state index contributed by atoms with van der Waals surface area (Å²) in [4.78, 5) is 28.1. The second-order valence-electron chi connectivity index (χ2n) is 5.14. The first-order chi connectivity index (χ1) is 11.1. The van der Waals surface area contributed by atoms with E-state index in [1.807, 2.05) is 6.92 Å². The lowest BCUT2D eigenvalue weighted by atomic mass is 10.2. The van der Waals surface area contributed by atoms with Crippen LogP contribution in [0.15, 0.2) is 24.3 Å². The number of nitrogens with zero attached hydrogens (tertiary/aromatic N) is 3. The minimum absolute atomic E-state index is 0.00511. The van der Waals surface area contributed by atoms with Crippen LogP contribution in [0.3, 0.4) is 0 Å². The van der Waals surface area contributed by atoms with Crippen molar-refractivity contribution < 1.29 is 14.3 Å². The standard InChI is InChI=1S/C15H17N5O3/c1-3-23-11-6-4-10(5-7-11)17-13(21)8-12-14(22)18-15-16-9(2)19-20(12)15/h4-7,12H,3,8H2,1-2H3,(H,17,21)(H,16,18,19,22). The summed E-state index contributed by atoms with van der Waals surface area (Å²) in [5.41, 5.74) is 0.645. The molecule has 1 aromatic heterocycles. The van der Waals surface area contributed by atoms with Crippen LogP contribution in [0.4, 0.5) is 11.6 Å². The summed E-state index contributed by atoms with van der Waals surface area (Å²) in [6.45, 7) is 4.22. The quantitative estimate of drug-likeness (QED) is 0.871. The van der Waals surface area contributed by atoms with Crippen LogP contribution in [0.2, 0.25) is 0 Å². The Hall–Kier alpha value is -2.90. The summed E-state index contributed by atoms with van der Waals surface area (Å²) in [5, 5.41) is 9.51. The molecule has 0 fully saturated rings. The zero-order chi connectivity index (χ0) is 16.4. The first-order valence-electron chi connectivity index (χ1n) is 7.33. The number of ether oxygens (including phenoxy) is 1. The summed E-state index contributed by atoms with van der Waals surface area (Å²) in [5.74, 6) is 1.13. The van der Waals surface area contributed by atoms with E-state index in [1.54, 1.807) is 31.2 Å². The molecule has 1 atom stereocenters. The fourth-order valence-corrected chi connectivity index (χ4v) is 2.41. The van der Waals surface area contributed by atoms with E-state index in [1.165, 1.54) is 4.68 Å². The van der Waals surface area contributed by atoms with Gasteiger partial charge in [-0.05, 0) is 38.1 Å². The highest BCUT2D eigenvalue weighted by Crippen LogP contribution is 2.25. The first-order valence-corrected chi connectivity index (χ1v) is 7.33. The molecule has 0 aliphatic carbocycles. The Bertz CT molecular complexity index is 738. The average molecular weight is 315 g/mol. The Morgan fingerprint density at radius 2 is 2.13 bits per heavy atom. The zero-order valence-electron chi connectivity index (χ0n) is 12.9. The second-order valence-corrected chi connectivity index (χ2v) is 5.14. The molecule has 2 heterocycles. The van der Waals surface area contributed by atoms with Gasteiger partial charge >= 0.3 is 0 Å². The van der Waals surface area contributed by atoms with E-state index >= 15 is 0 Å². The molecular weight excluding hydrogens is 298 g/mol. The van der Waals surface area contributed by atoms with Crippen molar-refractivity contribution in [1.29, 1.82) is 0 Å². The van der Waals surface area contributed by atoms with Gasteiger partial charge in [0.05, 0.1) is 13.0 Å². The number of rotatable bonds is 5. The number of benzene rings is 1. The van der Waals surface area contributed by atoms with Crippen LogP contribution in [0.1, 0.15) is 25.2 Å². The van der Waals surface area contributed by atoms with Crippen LogP contribution < -0.4 is 15.4 Å². The molecule has 1 aliphatic heterocycles. The molecule has 2 amide bonds.